The van der Waals surface area contributed by atoms with Crippen molar-refractivity contribution in [2.24, 2.45) is 0 Å². The summed E-state index contributed by atoms with van der Waals surface area (Å²) in [6.45, 7) is 0.862. The highest BCUT2D eigenvalue weighted by Gasteiger charge is 2.27. The van der Waals surface area contributed by atoms with E-state index in [2.05, 4.69) is 21.2 Å². The third-order valence-electron chi connectivity index (χ3n) is 2.80. The van der Waals surface area contributed by atoms with Gasteiger partial charge in [-0.1, -0.05) is 0 Å². The number of hydrogen-bond donors (Lipinski definition) is 2. The molecule has 88 valence electrons. The van der Waals surface area contributed by atoms with E-state index in [1.807, 2.05) is 0 Å². The van der Waals surface area contributed by atoms with E-state index >= 15 is 0 Å². The quantitative estimate of drug-likeness (QED) is 0.880. The van der Waals surface area contributed by atoms with Crippen LogP contribution in [0.2, 0.25) is 0 Å². The van der Waals surface area contributed by atoms with Gasteiger partial charge in [-0.3, -0.25) is 0 Å². The summed E-state index contributed by atoms with van der Waals surface area (Å²) < 4.78 is 19.3. The Morgan fingerprint density at radius 3 is 2.94 bits per heavy atom. The van der Waals surface area contributed by atoms with Crippen LogP contribution in [-0.4, -0.2) is 18.8 Å². The fourth-order valence-electron chi connectivity index (χ4n) is 2.07. The molecule has 5 heteroatoms. The van der Waals surface area contributed by atoms with Crippen molar-refractivity contribution >= 4 is 15.9 Å². The van der Waals surface area contributed by atoms with Crippen LogP contribution in [0.5, 0.6) is 11.5 Å². The van der Waals surface area contributed by atoms with Crippen molar-refractivity contribution in [2.45, 2.75) is 18.9 Å². The zero-order chi connectivity index (χ0) is 11.7. The first-order valence-corrected chi connectivity index (χ1v) is 5.92. The minimum absolute atomic E-state index is 0.0422. The Balaban J connectivity index is 2.54. The lowest BCUT2D eigenvalue weighted by molar-refractivity contribution is 0.358. The van der Waals surface area contributed by atoms with Crippen molar-refractivity contribution in [3.8, 4) is 11.5 Å². The predicted molar refractivity (Wildman–Crippen MR) is 62.3 cm³/mol. The molecule has 0 aliphatic carbocycles. The Kier molecular flexibility index (Phi) is 3.35. The number of phenolic OH excluding ortho intramolecular Hbond substituents is 1. The maximum Gasteiger partial charge on any atom is 0.168 e. The molecule has 0 bridgehead atoms. The monoisotopic (exact) mass is 289 g/mol. The van der Waals surface area contributed by atoms with Gasteiger partial charge < -0.3 is 15.2 Å². The maximum atomic E-state index is 14.0. The van der Waals surface area contributed by atoms with Crippen LogP contribution in [-0.2, 0) is 0 Å². The van der Waals surface area contributed by atoms with Gasteiger partial charge in [0.25, 0.3) is 0 Å². The second-order valence-electron chi connectivity index (χ2n) is 3.79. The number of nitrogens with one attached hydrogen (secondary N) is 1. The Morgan fingerprint density at radius 1 is 1.62 bits per heavy atom. The van der Waals surface area contributed by atoms with Crippen LogP contribution in [0.15, 0.2) is 10.5 Å². The third-order valence-corrected chi connectivity index (χ3v) is 3.38. The van der Waals surface area contributed by atoms with Crippen LogP contribution >= 0.6 is 15.9 Å². The molecule has 0 spiro atoms. The average Bonchev–Trinajstić information content (AvgIpc) is 2.76. The molecular formula is C11H13BrFNO2. The van der Waals surface area contributed by atoms with Crippen molar-refractivity contribution in [1.82, 2.24) is 5.32 Å². The molecule has 1 saturated heterocycles. The van der Waals surface area contributed by atoms with E-state index in [9.17, 15) is 9.50 Å². The fraction of sp³-hybridized carbons (Fsp3) is 0.455. The van der Waals surface area contributed by atoms with Gasteiger partial charge in [-0.25, -0.2) is 4.39 Å². The van der Waals surface area contributed by atoms with E-state index in [0.717, 1.165) is 19.4 Å². The highest BCUT2D eigenvalue weighted by atomic mass is 79.9. The normalized spacial score (nSPS) is 20.1. The van der Waals surface area contributed by atoms with Gasteiger partial charge in [0.1, 0.15) is 5.82 Å². The van der Waals surface area contributed by atoms with E-state index in [-0.39, 0.29) is 27.8 Å². The zero-order valence-corrected chi connectivity index (χ0v) is 10.5. The fourth-order valence-corrected chi connectivity index (χ4v) is 2.50. The second kappa shape index (κ2) is 4.59. The third kappa shape index (κ3) is 1.89. The Morgan fingerprint density at radius 2 is 2.38 bits per heavy atom. The second-order valence-corrected chi connectivity index (χ2v) is 4.64. The number of rotatable bonds is 2. The van der Waals surface area contributed by atoms with Crippen LogP contribution in [0.4, 0.5) is 4.39 Å². The van der Waals surface area contributed by atoms with Gasteiger partial charge in [0.05, 0.1) is 17.1 Å². The van der Waals surface area contributed by atoms with Crippen LogP contribution in [0.25, 0.3) is 0 Å². The lowest BCUT2D eigenvalue weighted by Gasteiger charge is -2.17. The SMILES string of the molecule is COc1c(O)cc(Br)c(F)c1C1CCCN1. The largest absolute Gasteiger partial charge is 0.504 e. The highest BCUT2D eigenvalue weighted by molar-refractivity contribution is 9.10. The molecule has 1 aliphatic rings. The topological polar surface area (TPSA) is 41.5 Å². The number of methoxy groups -OCH3 is 1. The first-order chi connectivity index (χ1) is 7.65. The molecule has 2 rings (SSSR count). The Bertz CT molecular complexity index is 405. The number of hydrogen-bond acceptors (Lipinski definition) is 3. The molecule has 1 fully saturated rings. The van der Waals surface area contributed by atoms with E-state index in [0.29, 0.717) is 5.56 Å². The molecule has 1 atom stereocenters. The zero-order valence-electron chi connectivity index (χ0n) is 8.89. The Hall–Kier alpha value is -0.810. The molecule has 1 heterocycles. The number of aromatic hydroxyl groups is 1. The average molecular weight is 290 g/mol. The molecule has 0 radical (unpaired) electrons. The molecule has 0 aromatic heterocycles. The minimum Gasteiger partial charge on any atom is -0.504 e. The van der Waals surface area contributed by atoms with E-state index in [1.165, 1.54) is 13.2 Å². The molecular weight excluding hydrogens is 277 g/mol. The summed E-state index contributed by atoms with van der Waals surface area (Å²) in [4.78, 5) is 0. The summed E-state index contributed by atoms with van der Waals surface area (Å²) in [5.74, 6) is -0.186. The lowest BCUT2D eigenvalue weighted by atomic mass is 10.0. The van der Waals surface area contributed by atoms with E-state index in [1.54, 1.807) is 0 Å². The van der Waals surface area contributed by atoms with Gasteiger partial charge in [-0.15, -0.1) is 0 Å². The predicted octanol–water partition coefficient (Wildman–Crippen LogP) is 2.73. The van der Waals surface area contributed by atoms with Crippen molar-refractivity contribution in [1.29, 1.82) is 0 Å². The van der Waals surface area contributed by atoms with Gasteiger partial charge in [0, 0.05) is 12.1 Å². The first-order valence-electron chi connectivity index (χ1n) is 5.13. The lowest BCUT2D eigenvalue weighted by Crippen LogP contribution is -2.15. The number of benzene rings is 1. The molecule has 1 aliphatic heterocycles. The van der Waals surface area contributed by atoms with Gasteiger partial charge in [0.2, 0.25) is 0 Å². The summed E-state index contributed by atoms with van der Waals surface area (Å²) in [6, 6.07) is 1.23. The molecule has 2 N–H and O–H groups in total. The standard InChI is InChI=1S/C11H13BrFNO2/c1-16-11-8(15)5-6(12)10(13)9(11)7-3-2-4-14-7/h5,7,14-15H,2-4H2,1H3. The van der Waals surface area contributed by atoms with Gasteiger partial charge >= 0.3 is 0 Å². The molecule has 3 nitrogen and oxygen atoms in total. The van der Waals surface area contributed by atoms with Crippen molar-refractivity contribution in [3.05, 3.63) is 21.9 Å². The van der Waals surface area contributed by atoms with Crippen LogP contribution in [0.1, 0.15) is 24.4 Å². The molecule has 0 saturated carbocycles. The van der Waals surface area contributed by atoms with Crippen LogP contribution in [0, 0.1) is 5.82 Å². The molecule has 1 aromatic carbocycles. The van der Waals surface area contributed by atoms with Gasteiger partial charge in [0.15, 0.2) is 11.5 Å². The molecule has 1 aromatic rings. The van der Waals surface area contributed by atoms with Crippen molar-refractivity contribution in [2.75, 3.05) is 13.7 Å². The van der Waals surface area contributed by atoms with Crippen LogP contribution in [0.3, 0.4) is 0 Å². The Labute approximate surface area is 102 Å². The number of ether oxygens (including phenoxy) is 1. The number of halogens is 2. The maximum absolute atomic E-state index is 14.0. The minimum atomic E-state index is -0.367. The first kappa shape index (κ1) is 11.7. The molecule has 1 unspecified atom stereocenters. The smallest absolute Gasteiger partial charge is 0.168 e. The molecule has 0 amide bonds. The summed E-state index contributed by atoms with van der Waals surface area (Å²) in [5, 5.41) is 12.9. The van der Waals surface area contributed by atoms with Gasteiger partial charge in [-0.05, 0) is 35.3 Å². The van der Waals surface area contributed by atoms with E-state index in [4.69, 9.17) is 4.74 Å². The highest BCUT2D eigenvalue weighted by Crippen LogP contribution is 2.41. The van der Waals surface area contributed by atoms with Crippen LogP contribution < -0.4 is 10.1 Å². The summed E-state index contributed by atoms with van der Waals surface area (Å²) in [6.07, 6.45) is 1.85. The van der Waals surface area contributed by atoms with Gasteiger partial charge in [-0.2, -0.15) is 0 Å². The number of phenols is 1. The summed E-state index contributed by atoms with van der Waals surface area (Å²) in [5.41, 5.74) is 0.409. The van der Waals surface area contributed by atoms with Crippen molar-refractivity contribution in [3.63, 3.8) is 0 Å². The molecule has 16 heavy (non-hydrogen) atoms. The van der Waals surface area contributed by atoms with E-state index < -0.39 is 0 Å². The summed E-state index contributed by atoms with van der Waals surface area (Å²) >= 11 is 3.09. The van der Waals surface area contributed by atoms with Crippen molar-refractivity contribution < 1.29 is 14.2 Å². The summed E-state index contributed by atoms with van der Waals surface area (Å²) in [7, 11) is 1.43.